The van der Waals surface area contributed by atoms with Crippen LogP contribution in [0.2, 0.25) is 0 Å². The highest BCUT2D eigenvalue weighted by molar-refractivity contribution is 5.78. The molecule has 1 amide bonds. The smallest absolute Gasteiger partial charge is 0.223 e. The van der Waals surface area contributed by atoms with Gasteiger partial charge in [-0.3, -0.25) is 9.69 Å². The number of amides is 1. The lowest BCUT2D eigenvalue weighted by Crippen LogP contribution is -2.44. The zero-order chi connectivity index (χ0) is 21.6. The summed E-state index contributed by atoms with van der Waals surface area (Å²) in [7, 11) is 2.16. The minimum Gasteiger partial charge on any atom is -0.369 e. The lowest BCUT2D eigenvalue weighted by molar-refractivity contribution is -0.126. The first kappa shape index (κ1) is 21.8. The van der Waals surface area contributed by atoms with Crippen LogP contribution in [0.3, 0.4) is 0 Å². The highest BCUT2D eigenvalue weighted by atomic mass is 19.1. The van der Waals surface area contributed by atoms with Gasteiger partial charge in [0.25, 0.3) is 0 Å². The molecule has 2 aromatic carbocycles. The van der Waals surface area contributed by atoms with Gasteiger partial charge in [0.2, 0.25) is 5.91 Å². The molecule has 0 spiro atoms. The van der Waals surface area contributed by atoms with Crippen LogP contribution in [-0.2, 0) is 17.9 Å². The molecule has 4 rings (SSSR count). The van der Waals surface area contributed by atoms with Crippen molar-refractivity contribution in [2.75, 3.05) is 51.2 Å². The average Bonchev–Trinajstić information content (AvgIpc) is 2.80. The summed E-state index contributed by atoms with van der Waals surface area (Å²) in [6.07, 6.45) is 1.64. The van der Waals surface area contributed by atoms with Gasteiger partial charge in [-0.1, -0.05) is 30.3 Å². The molecular formula is C25H33FN4O. The van der Waals surface area contributed by atoms with Gasteiger partial charge in [0.05, 0.1) is 0 Å². The van der Waals surface area contributed by atoms with Crippen LogP contribution in [0.15, 0.2) is 48.5 Å². The van der Waals surface area contributed by atoms with Crippen molar-refractivity contribution in [3.05, 3.63) is 65.5 Å². The van der Waals surface area contributed by atoms with Crippen molar-refractivity contribution in [1.29, 1.82) is 0 Å². The van der Waals surface area contributed by atoms with Gasteiger partial charge in [-0.2, -0.15) is 0 Å². The molecule has 166 valence electrons. The minimum atomic E-state index is -0.152. The number of piperidine rings is 1. The Morgan fingerprint density at radius 2 is 1.65 bits per heavy atom. The zero-order valence-electron chi connectivity index (χ0n) is 18.4. The van der Waals surface area contributed by atoms with Crippen molar-refractivity contribution in [3.63, 3.8) is 0 Å². The molecule has 2 fully saturated rings. The molecule has 2 saturated heterocycles. The number of likely N-dealkylation sites (tertiary alicyclic amines) is 1. The van der Waals surface area contributed by atoms with Crippen molar-refractivity contribution < 1.29 is 9.18 Å². The summed E-state index contributed by atoms with van der Waals surface area (Å²) in [6, 6.07) is 15.5. The largest absolute Gasteiger partial charge is 0.369 e. The molecule has 2 heterocycles. The molecule has 1 N–H and O–H groups in total. The van der Waals surface area contributed by atoms with E-state index in [1.807, 2.05) is 12.1 Å². The maximum absolute atomic E-state index is 13.9. The number of likely N-dealkylation sites (N-methyl/N-ethyl adjacent to an activating group) is 1. The molecule has 2 aromatic rings. The van der Waals surface area contributed by atoms with Crippen molar-refractivity contribution >= 4 is 11.6 Å². The van der Waals surface area contributed by atoms with Gasteiger partial charge in [-0.05, 0) is 56.7 Å². The highest BCUT2D eigenvalue weighted by Crippen LogP contribution is 2.21. The molecule has 2 aliphatic heterocycles. The number of hydrogen-bond donors (Lipinski definition) is 1. The van der Waals surface area contributed by atoms with Gasteiger partial charge in [0.15, 0.2) is 0 Å². The van der Waals surface area contributed by atoms with Crippen LogP contribution in [0.4, 0.5) is 10.1 Å². The average molecular weight is 425 g/mol. The molecular weight excluding hydrogens is 391 g/mol. The molecule has 0 radical (unpaired) electrons. The van der Waals surface area contributed by atoms with Crippen LogP contribution >= 0.6 is 0 Å². The Morgan fingerprint density at radius 1 is 0.968 bits per heavy atom. The van der Waals surface area contributed by atoms with Crippen LogP contribution in [0.25, 0.3) is 0 Å². The summed E-state index contributed by atoms with van der Waals surface area (Å²) in [5.41, 5.74) is 3.11. The number of carbonyl (C=O) groups excluding carboxylic acids is 1. The van der Waals surface area contributed by atoms with Crippen molar-refractivity contribution in [1.82, 2.24) is 15.1 Å². The Hall–Kier alpha value is -2.44. The van der Waals surface area contributed by atoms with Crippen molar-refractivity contribution in [3.8, 4) is 0 Å². The van der Waals surface area contributed by atoms with E-state index in [2.05, 4.69) is 51.3 Å². The molecule has 0 aliphatic carbocycles. The number of anilines is 1. The van der Waals surface area contributed by atoms with Crippen LogP contribution < -0.4 is 10.2 Å². The first-order valence-corrected chi connectivity index (χ1v) is 11.3. The molecule has 0 unspecified atom stereocenters. The maximum Gasteiger partial charge on any atom is 0.223 e. The molecule has 5 nitrogen and oxygen atoms in total. The third kappa shape index (κ3) is 5.83. The zero-order valence-corrected chi connectivity index (χ0v) is 18.4. The number of halogens is 1. The topological polar surface area (TPSA) is 38.8 Å². The number of piperazine rings is 1. The monoisotopic (exact) mass is 424 g/mol. The predicted molar refractivity (Wildman–Crippen MR) is 122 cm³/mol. The number of nitrogens with one attached hydrogen (secondary N) is 1. The summed E-state index contributed by atoms with van der Waals surface area (Å²) >= 11 is 0. The fraction of sp³-hybridized carbons (Fsp3) is 0.480. The minimum absolute atomic E-state index is 0.0430. The molecule has 31 heavy (non-hydrogen) atoms. The van der Waals surface area contributed by atoms with Gasteiger partial charge in [-0.15, -0.1) is 0 Å². The van der Waals surface area contributed by atoms with Crippen molar-refractivity contribution in [2.24, 2.45) is 5.92 Å². The standard InChI is InChI=1S/C25H33FN4O/c1-28-14-16-30(17-15-28)23-8-6-20(7-9-23)18-27-25(31)21-10-12-29(13-11-21)19-22-4-2-3-5-24(22)26/h2-9,21H,10-19H2,1H3,(H,27,31). The fourth-order valence-corrected chi connectivity index (χ4v) is 4.44. The summed E-state index contributed by atoms with van der Waals surface area (Å²) in [5, 5.41) is 3.11. The normalized spacial score (nSPS) is 18.8. The van der Waals surface area contributed by atoms with Crippen LogP contribution in [0.5, 0.6) is 0 Å². The van der Waals surface area contributed by atoms with Crippen molar-refractivity contribution in [2.45, 2.75) is 25.9 Å². The Balaban J connectivity index is 1.20. The SMILES string of the molecule is CN1CCN(c2ccc(CNC(=O)C3CCN(Cc4ccccc4F)CC3)cc2)CC1. The second-order valence-corrected chi connectivity index (χ2v) is 8.82. The second kappa shape index (κ2) is 10.2. The lowest BCUT2D eigenvalue weighted by Gasteiger charge is -2.34. The van der Waals surface area contributed by atoms with E-state index in [-0.39, 0.29) is 17.6 Å². The molecule has 0 aromatic heterocycles. The second-order valence-electron chi connectivity index (χ2n) is 8.82. The van der Waals surface area contributed by atoms with E-state index in [1.165, 1.54) is 11.8 Å². The summed E-state index contributed by atoms with van der Waals surface area (Å²) in [4.78, 5) is 19.6. The van der Waals surface area contributed by atoms with Crippen LogP contribution in [0.1, 0.15) is 24.0 Å². The van der Waals surface area contributed by atoms with E-state index in [1.54, 1.807) is 6.07 Å². The van der Waals surface area contributed by atoms with Gasteiger partial charge in [-0.25, -0.2) is 4.39 Å². The third-order valence-corrected chi connectivity index (χ3v) is 6.58. The Labute approximate surface area is 184 Å². The van der Waals surface area contributed by atoms with Gasteiger partial charge in [0.1, 0.15) is 5.82 Å². The lowest BCUT2D eigenvalue weighted by atomic mass is 9.95. The molecule has 0 bridgehead atoms. The molecule has 0 atom stereocenters. The fourth-order valence-electron chi connectivity index (χ4n) is 4.44. The molecule has 2 aliphatic rings. The Kier molecular flexibility index (Phi) is 7.20. The van der Waals surface area contributed by atoms with Crippen LogP contribution in [0, 0.1) is 11.7 Å². The van der Waals surface area contributed by atoms with E-state index in [9.17, 15) is 9.18 Å². The Morgan fingerprint density at radius 3 is 2.32 bits per heavy atom. The number of benzene rings is 2. The van der Waals surface area contributed by atoms with E-state index in [0.29, 0.717) is 13.1 Å². The van der Waals surface area contributed by atoms with E-state index in [0.717, 1.165) is 63.2 Å². The predicted octanol–water partition coefficient (Wildman–Crippen LogP) is 3.11. The number of rotatable bonds is 6. The highest BCUT2D eigenvalue weighted by Gasteiger charge is 2.25. The van der Waals surface area contributed by atoms with Gasteiger partial charge >= 0.3 is 0 Å². The van der Waals surface area contributed by atoms with E-state index < -0.39 is 0 Å². The molecule has 0 saturated carbocycles. The van der Waals surface area contributed by atoms with E-state index in [4.69, 9.17) is 0 Å². The van der Waals surface area contributed by atoms with E-state index >= 15 is 0 Å². The number of nitrogens with zero attached hydrogens (tertiary/aromatic N) is 3. The quantitative estimate of drug-likeness (QED) is 0.774. The maximum atomic E-state index is 13.9. The number of hydrogen-bond acceptors (Lipinski definition) is 4. The summed E-state index contributed by atoms with van der Waals surface area (Å²) in [5.74, 6) is 0.0242. The summed E-state index contributed by atoms with van der Waals surface area (Å²) < 4.78 is 13.9. The molecule has 6 heteroatoms. The Bertz CT molecular complexity index is 856. The van der Waals surface area contributed by atoms with Gasteiger partial charge < -0.3 is 15.1 Å². The van der Waals surface area contributed by atoms with Crippen LogP contribution in [-0.4, -0.2) is 62.0 Å². The summed E-state index contributed by atoms with van der Waals surface area (Å²) in [6.45, 7) is 7.13. The number of carbonyl (C=O) groups is 1. The third-order valence-electron chi connectivity index (χ3n) is 6.58. The first-order chi connectivity index (χ1) is 15.1. The first-order valence-electron chi connectivity index (χ1n) is 11.3. The van der Waals surface area contributed by atoms with Gasteiger partial charge in [0, 0.05) is 56.4 Å².